The van der Waals surface area contributed by atoms with Crippen molar-refractivity contribution in [3.05, 3.63) is 48.2 Å². The number of hydrogen-bond acceptors (Lipinski definition) is 4. The Balaban J connectivity index is 1.40. The van der Waals surface area contributed by atoms with E-state index in [0.717, 1.165) is 45.8 Å². The Hall–Kier alpha value is -1.85. The summed E-state index contributed by atoms with van der Waals surface area (Å²) in [4.78, 5) is 5.02. The Morgan fingerprint density at radius 3 is 2.29 bits per heavy atom. The van der Waals surface area contributed by atoms with Crippen LogP contribution in [0.2, 0.25) is 0 Å². The number of benzene rings is 1. The first kappa shape index (κ1) is 14.1. The first-order valence-electron chi connectivity index (χ1n) is 7.57. The van der Waals surface area contributed by atoms with Crippen LogP contribution in [0.15, 0.2) is 42.6 Å². The second-order valence-electron chi connectivity index (χ2n) is 5.61. The molecular formula is C16H23N5. The van der Waals surface area contributed by atoms with Crippen LogP contribution in [0.1, 0.15) is 5.56 Å². The van der Waals surface area contributed by atoms with Crippen molar-refractivity contribution in [3.63, 3.8) is 0 Å². The van der Waals surface area contributed by atoms with Crippen molar-refractivity contribution in [3.8, 4) is 0 Å². The van der Waals surface area contributed by atoms with Crippen LogP contribution in [0.3, 0.4) is 0 Å². The molecule has 2 N–H and O–H groups in total. The highest BCUT2D eigenvalue weighted by atomic mass is 15.3. The highest BCUT2D eigenvalue weighted by Gasteiger charge is 2.16. The van der Waals surface area contributed by atoms with Crippen LogP contribution in [0, 0.1) is 0 Å². The second kappa shape index (κ2) is 6.74. The van der Waals surface area contributed by atoms with E-state index < -0.39 is 0 Å². The molecule has 1 aliphatic rings. The van der Waals surface area contributed by atoms with Gasteiger partial charge in [-0.25, -0.2) is 0 Å². The predicted molar refractivity (Wildman–Crippen MR) is 84.8 cm³/mol. The lowest BCUT2D eigenvalue weighted by Gasteiger charge is -2.34. The van der Waals surface area contributed by atoms with Gasteiger partial charge in [0.2, 0.25) is 0 Å². The Labute approximate surface area is 126 Å². The van der Waals surface area contributed by atoms with Crippen molar-refractivity contribution in [2.24, 2.45) is 0 Å². The molecule has 3 rings (SSSR count). The number of aromatic nitrogens is 2. The van der Waals surface area contributed by atoms with E-state index in [0.29, 0.717) is 5.82 Å². The third-order valence-corrected chi connectivity index (χ3v) is 4.02. The molecule has 2 heterocycles. The quantitative estimate of drug-likeness (QED) is 0.899. The van der Waals surface area contributed by atoms with E-state index in [1.807, 2.05) is 16.9 Å². The molecule has 0 aliphatic carbocycles. The fourth-order valence-corrected chi connectivity index (χ4v) is 2.76. The van der Waals surface area contributed by atoms with Crippen LogP contribution in [-0.2, 0) is 13.1 Å². The zero-order valence-electron chi connectivity index (χ0n) is 12.4. The summed E-state index contributed by atoms with van der Waals surface area (Å²) in [7, 11) is 0. The van der Waals surface area contributed by atoms with E-state index in [1.54, 1.807) is 0 Å². The topological polar surface area (TPSA) is 50.3 Å². The maximum Gasteiger partial charge on any atom is 0.145 e. The molecule has 0 saturated carbocycles. The summed E-state index contributed by atoms with van der Waals surface area (Å²) in [6, 6.07) is 12.5. The largest absolute Gasteiger partial charge is 0.382 e. The molecular weight excluding hydrogens is 262 g/mol. The summed E-state index contributed by atoms with van der Waals surface area (Å²) in [5, 5.41) is 4.22. The van der Waals surface area contributed by atoms with Gasteiger partial charge in [0.25, 0.3) is 0 Å². The lowest BCUT2D eigenvalue weighted by Crippen LogP contribution is -2.46. The summed E-state index contributed by atoms with van der Waals surface area (Å²) < 4.78 is 1.92. The average Bonchev–Trinajstić information content (AvgIpc) is 2.93. The SMILES string of the molecule is Nc1ccn(CCN2CCN(Cc3ccccc3)CC2)n1. The van der Waals surface area contributed by atoms with Crippen LogP contribution < -0.4 is 5.73 Å². The molecule has 0 atom stereocenters. The molecule has 1 aromatic heterocycles. The minimum Gasteiger partial charge on any atom is -0.382 e. The van der Waals surface area contributed by atoms with Gasteiger partial charge in [-0.05, 0) is 11.6 Å². The van der Waals surface area contributed by atoms with Gasteiger partial charge in [0.15, 0.2) is 0 Å². The normalized spacial score (nSPS) is 17.1. The van der Waals surface area contributed by atoms with Gasteiger partial charge in [0, 0.05) is 45.5 Å². The predicted octanol–water partition coefficient (Wildman–Crippen LogP) is 1.28. The molecule has 1 fully saturated rings. The minimum absolute atomic E-state index is 0.600. The first-order valence-corrected chi connectivity index (χ1v) is 7.57. The Morgan fingerprint density at radius 1 is 0.905 bits per heavy atom. The van der Waals surface area contributed by atoms with Gasteiger partial charge in [-0.1, -0.05) is 30.3 Å². The number of rotatable bonds is 5. The molecule has 0 radical (unpaired) electrons. The summed E-state index contributed by atoms with van der Waals surface area (Å²) in [5.41, 5.74) is 7.03. The summed E-state index contributed by atoms with van der Waals surface area (Å²) in [5.74, 6) is 0.600. The summed E-state index contributed by atoms with van der Waals surface area (Å²) in [6.45, 7) is 7.54. The second-order valence-corrected chi connectivity index (χ2v) is 5.61. The Morgan fingerprint density at radius 2 is 1.62 bits per heavy atom. The van der Waals surface area contributed by atoms with Gasteiger partial charge in [0.05, 0.1) is 6.54 Å². The maximum atomic E-state index is 5.63. The molecule has 2 aromatic rings. The van der Waals surface area contributed by atoms with Gasteiger partial charge in [-0.15, -0.1) is 0 Å². The summed E-state index contributed by atoms with van der Waals surface area (Å²) in [6.07, 6.45) is 1.95. The molecule has 0 bridgehead atoms. The molecule has 5 heteroatoms. The molecule has 1 aromatic carbocycles. The molecule has 0 spiro atoms. The third-order valence-electron chi connectivity index (χ3n) is 4.02. The Bertz CT molecular complexity index is 543. The van der Waals surface area contributed by atoms with Crippen molar-refractivity contribution in [2.75, 3.05) is 38.5 Å². The molecule has 0 unspecified atom stereocenters. The highest BCUT2D eigenvalue weighted by Crippen LogP contribution is 2.08. The number of hydrogen-bond donors (Lipinski definition) is 1. The fourth-order valence-electron chi connectivity index (χ4n) is 2.76. The Kier molecular flexibility index (Phi) is 4.52. The molecule has 1 aliphatic heterocycles. The minimum atomic E-state index is 0.600. The van der Waals surface area contributed by atoms with Gasteiger partial charge < -0.3 is 5.73 Å². The van der Waals surface area contributed by atoms with Gasteiger partial charge in [0.1, 0.15) is 5.82 Å². The van der Waals surface area contributed by atoms with E-state index in [1.165, 1.54) is 5.56 Å². The third kappa shape index (κ3) is 4.06. The zero-order chi connectivity index (χ0) is 14.5. The first-order chi connectivity index (χ1) is 10.3. The van der Waals surface area contributed by atoms with Crippen molar-refractivity contribution in [1.29, 1.82) is 0 Å². The van der Waals surface area contributed by atoms with E-state index in [9.17, 15) is 0 Å². The maximum absolute atomic E-state index is 5.63. The molecule has 112 valence electrons. The van der Waals surface area contributed by atoms with Crippen molar-refractivity contribution in [1.82, 2.24) is 19.6 Å². The van der Waals surface area contributed by atoms with Crippen LogP contribution in [0.5, 0.6) is 0 Å². The van der Waals surface area contributed by atoms with Crippen molar-refractivity contribution < 1.29 is 0 Å². The van der Waals surface area contributed by atoms with Crippen molar-refractivity contribution in [2.45, 2.75) is 13.1 Å². The average molecular weight is 285 g/mol. The number of nitrogens with two attached hydrogens (primary N) is 1. The van der Waals surface area contributed by atoms with Crippen LogP contribution >= 0.6 is 0 Å². The van der Waals surface area contributed by atoms with Crippen LogP contribution in [-0.4, -0.2) is 52.3 Å². The molecule has 1 saturated heterocycles. The van der Waals surface area contributed by atoms with Gasteiger partial charge in [-0.3, -0.25) is 14.5 Å². The van der Waals surface area contributed by atoms with Crippen LogP contribution in [0.25, 0.3) is 0 Å². The van der Waals surface area contributed by atoms with Gasteiger partial charge in [-0.2, -0.15) is 5.10 Å². The van der Waals surface area contributed by atoms with Gasteiger partial charge >= 0.3 is 0 Å². The molecule has 0 amide bonds. The molecule has 21 heavy (non-hydrogen) atoms. The lowest BCUT2D eigenvalue weighted by molar-refractivity contribution is 0.123. The monoisotopic (exact) mass is 285 g/mol. The number of nitrogen functional groups attached to an aromatic ring is 1. The number of anilines is 1. The number of piperazine rings is 1. The number of nitrogens with zero attached hydrogens (tertiary/aromatic N) is 4. The van der Waals surface area contributed by atoms with Crippen molar-refractivity contribution >= 4 is 5.82 Å². The van der Waals surface area contributed by atoms with E-state index in [-0.39, 0.29) is 0 Å². The highest BCUT2D eigenvalue weighted by molar-refractivity contribution is 5.23. The van der Waals surface area contributed by atoms with E-state index in [2.05, 4.69) is 45.2 Å². The lowest BCUT2D eigenvalue weighted by atomic mass is 10.2. The van der Waals surface area contributed by atoms with E-state index >= 15 is 0 Å². The summed E-state index contributed by atoms with van der Waals surface area (Å²) >= 11 is 0. The van der Waals surface area contributed by atoms with Crippen LogP contribution in [0.4, 0.5) is 5.82 Å². The molecule has 5 nitrogen and oxygen atoms in total. The smallest absolute Gasteiger partial charge is 0.145 e. The zero-order valence-corrected chi connectivity index (χ0v) is 12.4. The standard InChI is InChI=1S/C16H23N5/c17-16-6-7-21(18-16)13-12-19-8-10-20(11-9-19)14-15-4-2-1-3-5-15/h1-7H,8-14H2,(H2,17,18). The fraction of sp³-hybridized carbons (Fsp3) is 0.438. The van der Waals surface area contributed by atoms with E-state index in [4.69, 9.17) is 5.73 Å².